The molecule has 0 aliphatic heterocycles. The molecular formula is C15H16Br2. The molecule has 0 atom stereocenters. The van der Waals surface area contributed by atoms with Crippen LogP contribution in [0.2, 0.25) is 0 Å². The van der Waals surface area contributed by atoms with Gasteiger partial charge in [-0.25, -0.2) is 0 Å². The van der Waals surface area contributed by atoms with Crippen molar-refractivity contribution in [2.75, 3.05) is 5.33 Å². The van der Waals surface area contributed by atoms with E-state index in [4.69, 9.17) is 0 Å². The molecule has 1 aliphatic carbocycles. The van der Waals surface area contributed by atoms with Gasteiger partial charge in [-0.3, -0.25) is 0 Å². The number of hydrogen-bond donors (Lipinski definition) is 0. The third-order valence-corrected chi connectivity index (χ3v) is 4.35. The maximum absolute atomic E-state index is 3.54. The fraction of sp³-hybridized carbons (Fsp3) is 0.333. The van der Waals surface area contributed by atoms with Gasteiger partial charge < -0.3 is 0 Å². The zero-order valence-corrected chi connectivity index (χ0v) is 12.9. The highest BCUT2D eigenvalue weighted by Gasteiger charge is 2.05. The van der Waals surface area contributed by atoms with Crippen molar-refractivity contribution in [1.82, 2.24) is 0 Å². The van der Waals surface area contributed by atoms with Crippen LogP contribution in [0.3, 0.4) is 0 Å². The number of benzene rings is 1. The maximum Gasteiger partial charge on any atom is 0.0283 e. The lowest BCUT2D eigenvalue weighted by atomic mass is 9.95. The van der Waals surface area contributed by atoms with E-state index in [0.717, 1.165) is 17.1 Å². The van der Waals surface area contributed by atoms with Gasteiger partial charge in [-0.05, 0) is 36.0 Å². The highest BCUT2D eigenvalue weighted by Crippen LogP contribution is 2.22. The zero-order chi connectivity index (χ0) is 12.1. The number of hydrogen-bond acceptors (Lipinski definition) is 0. The molecule has 1 aliphatic rings. The normalized spacial score (nSPS) is 15.4. The fourth-order valence-electron chi connectivity index (χ4n) is 2.12. The van der Waals surface area contributed by atoms with Crippen molar-refractivity contribution in [2.24, 2.45) is 0 Å². The van der Waals surface area contributed by atoms with Gasteiger partial charge in [0.25, 0.3) is 0 Å². The highest BCUT2D eigenvalue weighted by molar-refractivity contribution is 9.09. The molecule has 2 heteroatoms. The minimum Gasteiger partial charge on any atom is -0.0880 e. The van der Waals surface area contributed by atoms with E-state index in [1.165, 1.54) is 35.1 Å². The number of halogens is 2. The molecule has 0 aromatic heterocycles. The minimum atomic E-state index is 0.933. The summed E-state index contributed by atoms with van der Waals surface area (Å²) in [5, 5.41) is 1.94. The molecule has 17 heavy (non-hydrogen) atoms. The largest absolute Gasteiger partial charge is 0.0880 e. The monoisotopic (exact) mass is 354 g/mol. The van der Waals surface area contributed by atoms with Crippen molar-refractivity contribution in [2.45, 2.75) is 24.6 Å². The van der Waals surface area contributed by atoms with Crippen molar-refractivity contribution in [3.8, 4) is 0 Å². The van der Waals surface area contributed by atoms with Crippen LogP contribution in [-0.4, -0.2) is 5.33 Å². The minimum absolute atomic E-state index is 0.933. The van der Waals surface area contributed by atoms with Crippen LogP contribution in [0.4, 0.5) is 0 Å². The second-order valence-electron chi connectivity index (χ2n) is 4.38. The molecule has 1 aromatic carbocycles. The van der Waals surface area contributed by atoms with Gasteiger partial charge in [0.15, 0.2) is 0 Å². The summed E-state index contributed by atoms with van der Waals surface area (Å²) in [5.41, 5.74) is 5.72. The van der Waals surface area contributed by atoms with Gasteiger partial charge in [0.1, 0.15) is 0 Å². The molecule has 0 radical (unpaired) electrons. The van der Waals surface area contributed by atoms with Gasteiger partial charge in [0, 0.05) is 10.7 Å². The third kappa shape index (κ3) is 3.82. The molecule has 2 rings (SSSR count). The molecular weight excluding hydrogens is 340 g/mol. The van der Waals surface area contributed by atoms with E-state index in [9.17, 15) is 0 Å². The van der Waals surface area contributed by atoms with Gasteiger partial charge in [-0.2, -0.15) is 0 Å². The van der Waals surface area contributed by atoms with Gasteiger partial charge in [0.05, 0.1) is 0 Å². The van der Waals surface area contributed by atoms with Crippen LogP contribution in [0.1, 0.15) is 24.0 Å². The molecule has 0 unspecified atom stereocenters. The second kappa shape index (κ2) is 6.55. The Morgan fingerprint density at radius 1 is 1.06 bits per heavy atom. The van der Waals surface area contributed by atoms with E-state index in [1.54, 1.807) is 0 Å². The molecule has 0 amide bonds. The molecule has 0 spiro atoms. The fourth-order valence-corrected chi connectivity index (χ4v) is 2.91. The van der Waals surface area contributed by atoms with E-state index in [2.05, 4.69) is 68.3 Å². The van der Waals surface area contributed by atoms with Crippen molar-refractivity contribution >= 4 is 31.9 Å². The molecule has 0 saturated carbocycles. The quantitative estimate of drug-likeness (QED) is 0.654. The summed E-state index contributed by atoms with van der Waals surface area (Å²) >= 11 is 7.05. The van der Waals surface area contributed by atoms with E-state index < -0.39 is 0 Å². The number of allylic oxidation sites excluding steroid dienone is 4. The topological polar surface area (TPSA) is 0 Å². The summed E-state index contributed by atoms with van der Waals surface area (Å²) in [7, 11) is 0. The Morgan fingerprint density at radius 3 is 2.65 bits per heavy atom. The summed E-state index contributed by atoms with van der Waals surface area (Å²) in [5.74, 6) is 0. The van der Waals surface area contributed by atoms with Crippen LogP contribution in [0.25, 0.3) is 0 Å². The molecule has 0 heterocycles. The molecule has 0 N–H and O–H groups in total. The van der Waals surface area contributed by atoms with Crippen molar-refractivity contribution in [1.29, 1.82) is 0 Å². The van der Waals surface area contributed by atoms with E-state index in [0.29, 0.717) is 0 Å². The molecule has 90 valence electrons. The van der Waals surface area contributed by atoms with Crippen molar-refractivity contribution in [3.63, 3.8) is 0 Å². The summed E-state index contributed by atoms with van der Waals surface area (Å²) in [4.78, 5) is 0. The highest BCUT2D eigenvalue weighted by atomic mass is 79.9. The molecule has 1 aromatic rings. The van der Waals surface area contributed by atoms with Gasteiger partial charge in [0.2, 0.25) is 0 Å². The molecule has 0 saturated heterocycles. The average molecular weight is 356 g/mol. The lowest BCUT2D eigenvalue weighted by molar-refractivity contribution is 0.936. The van der Waals surface area contributed by atoms with Crippen LogP contribution in [0, 0.1) is 0 Å². The first kappa shape index (κ1) is 13.1. The Kier molecular flexibility index (Phi) is 5.05. The first-order chi connectivity index (χ1) is 8.31. The summed E-state index contributed by atoms with van der Waals surface area (Å²) in [6, 6.07) is 8.80. The number of rotatable bonds is 4. The van der Waals surface area contributed by atoms with Crippen LogP contribution in [-0.2, 0) is 11.8 Å². The Hall–Kier alpha value is -0.340. The first-order valence-corrected chi connectivity index (χ1v) is 8.14. The van der Waals surface area contributed by atoms with Crippen LogP contribution in [0.5, 0.6) is 0 Å². The third-order valence-electron chi connectivity index (χ3n) is 2.99. The average Bonchev–Trinajstić information content (AvgIpc) is 2.39. The summed E-state index contributed by atoms with van der Waals surface area (Å²) in [6.07, 6.45) is 8.16. The first-order valence-electron chi connectivity index (χ1n) is 5.90. The van der Waals surface area contributed by atoms with Crippen LogP contribution < -0.4 is 0 Å². The van der Waals surface area contributed by atoms with Gasteiger partial charge in [-0.15, -0.1) is 0 Å². The standard InChI is InChI=1S/C15H16Br2/c16-10-14-5-1-3-12(8-14)7-13-4-2-6-15(9-13)11-17/h1,3-5,8-9H,2,6-7,10-11H2. The van der Waals surface area contributed by atoms with Crippen molar-refractivity contribution < 1.29 is 0 Å². The van der Waals surface area contributed by atoms with E-state index >= 15 is 0 Å². The Morgan fingerprint density at radius 2 is 1.88 bits per heavy atom. The molecule has 0 bridgehead atoms. The molecule has 0 nitrogen and oxygen atoms in total. The Labute approximate surface area is 120 Å². The van der Waals surface area contributed by atoms with Crippen LogP contribution >= 0.6 is 31.9 Å². The second-order valence-corrected chi connectivity index (χ2v) is 5.51. The Bertz CT molecular complexity index is 444. The van der Waals surface area contributed by atoms with E-state index in [1.807, 2.05) is 0 Å². The summed E-state index contributed by atoms with van der Waals surface area (Å²) in [6.45, 7) is 0. The predicted molar refractivity (Wildman–Crippen MR) is 82.0 cm³/mol. The van der Waals surface area contributed by atoms with Gasteiger partial charge in [-0.1, -0.05) is 73.9 Å². The lowest BCUT2D eigenvalue weighted by Gasteiger charge is -2.12. The van der Waals surface area contributed by atoms with Crippen molar-refractivity contribution in [3.05, 3.63) is 58.7 Å². The van der Waals surface area contributed by atoms with E-state index in [-0.39, 0.29) is 0 Å². The zero-order valence-electron chi connectivity index (χ0n) is 9.76. The van der Waals surface area contributed by atoms with Gasteiger partial charge >= 0.3 is 0 Å². The van der Waals surface area contributed by atoms with Crippen LogP contribution in [0.15, 0.2) is 47.6 Å². The molecule has 0 fully saturated rings. The summed E-state index contributed by atoms with van der Waals surface area (Å²) < 4.78 is 0. The predicted octanol–water partition coefficient (Wildman–Crippen LogP) is 5.17. The SMILES string of the molecule is BrCC1=CC(Cc2cccc(CBr)c2)=CCC1. The maximum atomic E-state index is 3.54. The lowest BCUT2D eigenvalue weighted by Crippen LogP contribution is -1.97. The Balaban J connectivity index is 2.10. The smallest absolute Gasteiger partial charge is 0.0283 e. The number of alkyl halides is 2.